The summed E-state index contributed by atoms with van der Waals surface area (Å²) in [6, 6.07) is 5.53. The Morgan fingerprint density at radius 1 is 1.22 bits per heavy atom. The third-order valence-electron chi connectivity index (χ3n) is 3.28. The van der Waals surface area contributed by atoms with Gasteiger partial charge in [-0.2, -0.15) is 0 Å². The van der Waals surface area contributed by atoms with Crippen LogP contribution in [0.2, 0.25) is 0 Å². The fourth-order valence-corrected chi connectivity index (χ4v) is 2.25. The summed E-state index contributed by atoms with van der Waals surface area (Å²) >= 11 is 0. The molecule has 23 heavy (non-hydrogen) atoms. The molecule has 3 aromatic heterocycles. The number of nitrogens with one attached hydrogen (secondary N) is 2. The molecule has 0 aliphatic heterocycles. The first kappa shape index (κ1) is 15.0. The Kier molecular flexibility index (Phi) is 3.97. The zero-order valence-corrected chi connectivity index (χ0v) is 13.3. The molecule has 2 N–H and O–H groups in total. The number of rotatable bonds is 4. The largest absolute Gasteiger partial charge is 0.448 e. The van der Waals surface area contributed by atoms with Crippen molar-refractivity contribution in [2.45, 2.75) is 26.8 Å². The summed E-state index contributed by atoms with van der Waals surface area (Å²) in [4.78, 5) is 20.9. The van der Waals surface area contributed by atoms with Crippen LogP contribution in [0.3, 0.4) is 0 Å². The van der Waals surface area contributed by atoms with Crippen LogP contribution in [0, 0.1) is 6.92 Å². The molecule has 0 aromatic carbocycles. The number of aromatic nitrogens is 2. The molecule has 0 unspecified atom stereocenters. The van der Waals surface area contributed by atoms with E-state index in [1.165, 1.54) is 0 Å². The predicted molar refractivity (Wildman–Crippen MR) is 89.7 cm³/mol. The average Bonchev–Trinajstić information content (AvgIpc) is 2.88. The summed E-state index contributed by atoms with van der Waals surface area (Å²) in [5, 5.41) is 6.79. The van der Waals surface area contributed by atoms with E-state index >= 15 is 0 Å². The maximum atomic E-state index is 12.6. The van der Waals surface area contributed by atoms with Gasteiger partial charge in [0.1, 0.15) is 11.4 Å². The number of hydrogen-bond acceptors (Lipinski definition) is 5. The highest BCUT2D eigenvalue weighted by Crippen LogP contribution is 2.31. The van der Waals surface area contributed by atoms with E-state index in [1.54, 1.807) is 30.7 Å². The molecule has 0 aliphatic carbocycles. The van der Waals surface area contributed by atoms with Gasteiger partial charge in [0.2, 0.25) is 5.76 Å². The number of nitrogens with zero attached hydrogens (tertiary/aromatic N) is 2. The summed E-state index contributed by atoms with van der Waals surface area (Å²) in [6.45, 7) is 5.94. The van der Waals surface area contributed by atoms with E-state index in [9.17, 15) is 4.79 Å². The van der Waals surface area contributed by atoms with Crippen LogP contribution in [-0.2, 0) is 0 Å². The first-order valence-electron chi connectivity index (χ1n) is 7.41. The fourth-order valence-electron chi connectivity index (χ4n) is 2.25. The van der Waals surface area contributed by atoms with Gasteiger partial charge in [-0.15, -0.1) is 0 Å². The maximum absolute atomic E-state index is 12.6. The standard InChI is InChI=1S/C17H18N4O2/c1-10(2)20-15-12-9-18-7-6-13(12)23-16(15)17(22)21-14-5-4-11(3)8-19-14/h4-10,20H,1-3H3,(H,19,21,22). The van der Waals surface area contributed by atoms with Crippen molar-refractivity contribution in [3.63, 3.8) is 0 Å². The van der Waals surface area contributed by atoms with Gasteiger partial charge in [0, 0.05) is 24.6 Å². The van der Waals surface area contributed by atoms with Crippen LogP contribution in [0.15, 0.2) is 41.2 Å². The van der Waals surface area contributed by atoms with Gasteiger partial charge < -0.3 is 15.1 Å². The van der Waals surface area contributed by atoms with Gasteiger partial charge >= 0.3 is 0 Å². The van der Waals surface area contributed by atoms with E-state index in [4.69, 9.17) is 4.42 Å². The normalized spacial score (nSPS) is 11.0. The van der Waals surface area contributed by atoms with Crippen LogP contribution in [0.5, 0.6) is 0 Å². The molecule has 0 saturated heterocycles. The highest BCUT2D eigenvalue weighted by Gasteiger charge is 2.21. The molecule has 0 aliphatic rings. The molecule has 0 atom stereocenters. The molecule has 3 aromatic rings. The van der Waals surface area contributed by atoms with Crippen LogP contribution in [0.25, 0.3) is 11.0 Å². The Balaban J connectivity index is 1.97. The lowest BCUT2D eigenvalue weighted by Gasteiger charge is -2.10. The van der Waals surface area contributed by atoms with E-state index in [2.05, 4.69) is 20.6 Å². The molecular formula is C17H18N4O2. The third-order valence-corrected chi connectivity index (χ3v) is 3.28. The van der Waals surface area contributed by atoms with E-state index in [1.807, 2.05) is 26.8 Å². The lowest BCUT2D eigenvalue weighted by Crippen LogP contribution is -2.17. The number of furan rings is 1. The topological polar surface area (TPSA) is 80.0 Å². The second-order valence-corrected chi connectivity index (χ2v) is 5.65. The smallest absolute Gasteiger partial charge is 0.294 e. The average molecular weight is 310 g/mol. The van der Waals surface area contributed by atoms with E-state index < -0.39 is 0 Å². The summed E-state index contributed by atoms with van der Waals surface area (Å²) in [7, 11) is 0. The Hall–Kier alpha value is -2.89. The number of hydrogen-bond donors (Lipinski definition) is 2. The van der Waals surface area contributed by atoms with Gasteiger partial charge in [0.05, 0.1) is 11.1 Å². The number of pyridine rings is 2. The quantitative estimate of drug-likeness (QED) is 0.769. The Labute approximate surface area is 133 Å². The van der Waals surface area contributed by atoms with Crippen molar-refractivity contribution in [3.8, 4) is 0 Å². The minimum atomic E-state index is -0.347. The second-order valence-electron chi connectivity index (χ2n) is 5.65. The number of carbonyl (C=O) groups excluding carboxylic acids is 1. The second kappa shape index (κ2) is 6.08. The van der Waals surface area contributed by atoms with Gasteiger partial charge in [0.25, 0.3) is 5.91 Å². The molecule has 0 radical (unpaired) electrons. The zero-order valence-electron chi connectivity index (χ0n) is 13.3. The minimum Gasteiger partial charge on any atom is -0.448 e. The van der Waals surface area contributed by atoms with Gasteiger partial charge in [-0.25, -0.2) is 4.98 Å². The van der Waals surface area contributed by atoms with Crippen LogP contribution < -0.4 is 10.6 Å². The van der Waals surface area contributed by atoms with Crippen molar-refractivity contribution in [2.24, 2.45) is 0 Å². The monoisotopic (exact) mass is 310 g/mol. The number of anilines is 2. The van der Waals surface area contributed by atoms with Gasteiger partial charge in [-0.1, -0.05) is 6.07 Å². The van der Waals surface area contributed by atoms with Crippen molar-refractivity contribution in [2.75, 3.05) is 10.6 Å². The molecule has 0 fully saturated rings. The first-order chi connectivity index (χ1) is 11.0. The van der Waals surface area contributed by atoms with Gasteiger partial charge in [-0.05, 0) is 38.5 Å². The van der Waals surface area contributed by atoms with Crippen molar-refractivity contribution in [1.29, 1.82) is 0 Å². The summed E-state index contributed by atoms with van der Waals surface area (Å²) in [5.74, 6) is 0.361. The molecule has 3 rings (SSSR count). The highest BCUT2D eigenvalue weighted by atomic mass is 16.3. The SMILES string of the molecule is Cc1ccc(NC(=O)c2oc3ccncc3c2NC(C)C)nc1. The summed E-state index contributed by atoms with van der Waals surface area (Å²) in [6.07, 6.45) is 5.02. The number of amides is 1. The lowest BCUT2D eigenvalue weighted by atomic mass is 10.2. The highest BCUT2D eigenvalue weighted by molar-refractivity contribution is 6.11. The lowest BCUT2D eigenvalue weighted by molar-refractivity contribution is 0.0999. The Morgan fingerprint density at radius 3 is 2.74 bits per heavy atom. The van der Waals surface area contributed by atoms with Crippen molar-refractivity contribution in [1.82, 2.24) is 9.97 Å². The molecule has 118 valence electrons. The molecule has 1 amide bonds. The molecule has 0 spiro atoms. The van der Waals surface area contributed by atoms with E-state index in [0.717, 1.165) is 10.9 Å². The summed E-state index contributed by atoms with van der Waals surface area (Å²) in [5.41, 5.74) is 2.29. The maximum Gasteiger partial charge on any atom is 0.294 e. The number of fused-ring (bicyclic) bond motifs is 1. The van der Waals surface area contributed by atoms with Crippen LogP contribution in [0.1, 0.15) is 30.0 Å². The first-order valence-corrected chi connectivity index (χ1v) is 7.41. The minimum absolute atomic E-state index is 0.153. The van der Waals surface area contributed by atoms with Crippen molar-refractivity contribution in [3.05, 3.63) is 48.1 Å². The molecule has 0 bridgehead atoms. The summed E-state index contributed by atoms with van der Waals surface area (Å²) < 4.78 is 5.72. The van der Waals surface area contributed by atoms with Crippen LogP contribution in [-0.4, -0.2) is 21.9 Å². The molecule has 0 saturated carbocycles. The fraction of sp³-hybridized carbons (Fsp3) is 0.235. The van der Waals surface area contributed by atoms with Crippen LogP contribution >= 0.6 is 0 Å². The van der Waals surface area contributed by atoms with Crippen molar-refractivity contribution < 1.29 is 9.21 Å². The molecule has 6 nitrogen and oxygen atoms in total. The van der Waals surface area contributed by atoms with Crippen LogP contribution in [0.4, 0.5) is 11.5 Å². The molecule has 3 heterocycles. The van der Waals surface area contributed by atoms with E-state index in [-0.39, 0.29) is 17.7 Å². The Bertz CT molecular complexity index is 837. The van der Waals surface area contributed by atoms with Gasteiger partial charge in [-0.3, -0.25) is 9.78 Å². The third kappa shape index (κ3) is 3.15. The number of aryl methyl sites for hydroxylation is 1. The molecular weight excluding hydrogens is 292 g/mol. The van der Waals surface area contributed by atoms with Gasteiger partial charge in [0.15, 0.2) is 0 Å². The predicted octanol–water partition coefficient (Wildman–Crippen LogP) is 3.60. The van der Waals surface area contributed by atoms with E-state index in [0.29, 0.717) is 17.1 Å². The molecule has 6 heteroatoms. The zero-order chi connectivity index (χ0) is 16.4. The Morgan fingerprint density at radius 2 is 2.04 bits per heavy atom. The van der Waals surface area contributed by atoms with Crippen molar-refractivity contribution >= 4 is 28.4 Å². The number of carbonyl (C=O) groups is 1.